The Hall–Kier alpha value is -0.370. The van der Waals surface area contributed by atoms with E-state index in [1.807, 2.05) is 6.92 Å². The van der Waals surface area contributed by atoms with E-state index in [0.717, 1.165) is 12.8 Å². The number of rotatable bonds is 1. The van der Waals surface area contributed by atoms with Crippen LogP contribution in [0.15, 0.2) is 0 Å². The summed E-state index contributed by atoms with van der Waals surface area (Å²) in [4.78, 5) is 12.5. The van der Waals surface area contributed by atoms with Gasteiger partial charge >= 0.3 is 0 Å². The third-order valence-corrected chi connectivity index (χ3v) is 6.68. The van der Waals surface area contributed by atoms with Gasteiger partial charge in [0, 0.05) is 17.8 Å². The second-order valence-corrected chi connectivity index (χ2v) is 7.75. The fourth-order valence-corrected chi connectivity index (χ4v) is 5.17. The summed E-state index contributed by atoms with van der Waals surface area (Å²) in [6, 6.07) is 0. The molecule has 0 aromatic rings. The molecule has 0 aromatic heterocycles. The van der Waals surface area contributed by atoms with E-state index in [9.17, 15) is 9.90 Å². The molecule has 0 saturated heterocycles. The summed E-state index contributed by atoms with van der Waals surface area (Å²) in [5.41, 5.74) is -0.588. The molecular weight excluding hydrogens is 212 g/mol. The number of aliphatic hydroxyl groups is 1. The van der Waals surface area contributed by atoms with Crippen LogP contribution in [0.4, 0.5) is 0 Å². The Morgan fingerprint density at radius 2 is 1.82 bits per heavy atom. The minimum Gasteiger partial charge on any atom is -0.389 e. The predicted octanol–water partition coefficient (Wildman–Crippen LogP) is 2.93. The van der Waals surface area contributed by atoms with Gasteiger partial charge in [0.05, 0.1) is 5.60 Å². The van der Waals surface area contributed by atoms with Crippen LogP contribution in [0.1, 0.15) is 59.8 Å². The summed E-state index contributed by atoms with van der Waals surface area (Å²) in [5.74, 6) is 0.565. The second kappa shape index (κ2) is 2.79. The third kappa shape index (κ3) is 1.09. The van der Waals surface area contributed by atoms with Crippen LogP contribution in [-0.4, -0.2) is 16.5 Å². The van der Waals surface area contributed by atoms with Gasteiger partial charge in [-0.05, 0) is 37.0 Å². The summed E-state index contributed by atoms with van der Waals surface area (Å²) in [6.45, 7) is 8.78. The molecule has 0 spiro atoms. The van der Waals surface area contributed by atoms with E-state index in [4.69, 9.17) is 0 Å². The number of carbonyl (C=O) groups excluding carboxylic acids is 1. The van der Waals surface area contributed by atoms with Crippen molar-refractivity contribution in [2.45, 2.75) is 65.4 Å². The van der Waals surface area contributed by atoms with E-state index in [2.05, 4.69) is 20.8 Å². The predicted molar refractivity (Wildman–Crippen MR) is 66.5 cm³/mol. The van der Waals surface area contributed by atoms with E-state index >= 15 is 0 Å². The lowest BCUT2D eigenvalue weighted by molar-refractivity contribution is -0.131. The maximum atomic E-state index is 12.5. The van der Waals surface area contributed by atoms with Crippen LogP contribution in [0, 0.1) is 22.2 Å². The van der Waals surface area contributed by atoms with Crippen molar-refractivity contribution < 1.29 is 9.90 Å². The van der Waals surface area contributed by atoms with Gasteiger partial charge in [0.1, 0.15) is 5.78 Å². The molecule has 0 amide bonds. The molecule has 1 N–H and O–H groups in total. The fourth-order valence-electron chi connectivity index (χ4n) is 5.17. The number of ketones is 1. The van der Waals surface area contributed by atoms with Crippen molar-refractivity contribution in [3.05, 3.63) is 0 Å². The topological polar surface area (TPSA) is 37.3 Å². The maximum absolute atomic E-state index is 12.5. The SMILES string of the molecule is CC1(C)CCC[C@]1(C)[C@]12C[C@H]1[C@@](C)(O)CC2=O. The first-order valence-corrected chi connectivity index (χ1v) is 6.93. The average Bonchev–Trinajstić information content (AvgIpc) is 2.82. The first-order chi connectivity index (χ1) is 7.67. The largest absolute Gasteiger partial charge is 0.389 e. The molecule has 2 nitrogen and oxygen atoms in total. The number of Topliss-reactive ketones (excluding diaryl/α,β-unsaturated/α-hetero) is 1. The zero-order valence-electron chi connectivity index (χ0n) is 11.5. The smallest absolute Gasteiger partial charge is 0.142 e. The van der Waals surface area contributed by atoms with Crippen molar-refractivity contribution in [1.82, 2.24) is 0 Å². The van der Waals surface area contributed by atoms with Gasteiger partial charge in [0.2, 0.25) is 0 Å². The Bertz CT molecular complexity index is 396. The van der Waals surface area contributed by atoms with Gasteiger partial charge in [-0.2, -0.15) is 0 Å². The highest BCUT2D eigenvalue weighted by Gasteiger charge is 2.80. The van der Waals surface area contributed by atoms with Crippen LogP contribution < -0.4 is 0 Å². The normalized spacial score (nSPS) is 56.1. The standard InChI is InChI=1S/C15H24O2/c1-12(2)6-5-7-14(12,4)15-8-10(15)13(3,17)9-11(15)16/h10,17H,5-9H2,1-4H3/t10-,13-,14-,15+/m0/s1. The highest BCUT2D eigenvalue weighted by atomic mass is 16.3. The summed E-state index contributed by atoms with van der Waals surface area (Å²) >= 11 is 0. The van der Waals surface area contributed by atoms with Crippen molar-refractivity contribution in [3.8, 4) is 0 Å². The Morgan fingerprint density at radius 1 is 1.18 bits per heavy atom. The molecule has 0 aromatic carbocycles. The Kier molecular flexibility index (Phi) is 1.92. The van der Waals surface area contributed by atoms with Crippen molar-refractivity contribution in [2.24, 2.45) is 22.2 Å². The zero-order chi connectivity index (χ0) is 12.7. The molecule has 3 aliphatic rings. The van der Waals surface area contributed by atoms with E-state index in [1.165, 1.54) is 12.8 Å². The lowest BCUT2D eigenvalue weighted by atomic mass is 9.59. The number of hydrogen-bond acceptors (Lipinski definition) is 2. The third-order valence-electron chi connectivity index (χ3n) is 6.68. The van der Waals surface area contributed by atoms with Crippen LogP contribution in [0.3, 0.4) is 0 Å². The van der Waals surface area contributed by atoms with Gasteiger partial charge in [-0.3, -0.25) is 4.79 Å². The van der Waals surface area contributed by atoms with Gasteiger partial charge in [-0.15, -0.1) is 0 Å². The maximum Gasteiger partial charge on any atom is 0.142 e. The number of carbonyl (C=O) groups is 1. The van der Waals surface area contributed by atoms with Crippen LogP contribution in [0.25, 0.3) is 0 Å². The second-order valence-electron chi connectivity index (χ2n) is 7.75. The molecular formula is C15H24O2. The summed E-state index contributed by atoms with van der Waals surface area (Å²) in [5, 5.41) is 10.4. The van der Waals surface area contributed by atoms with Crippen molar-refractivity contribution in [3.63, 3.8) is 0 Å². The Balaban J connectivity index is 2.05. The van der Waals surface area contributed by atoms with Gasteiger partial charge in [-0.25, -0.2) is 0 Å². The molecule has 3 saturated carbocycles. The monoisotopic (exact) mass is 236 g/mol. The quantitative estimate of drug-likeness (QED) is 0.760. The molecule has 0 radical (unpaired) electrons. The molecule has 0 heterocycles. The van der Waals surface area contributed by atoms with Crippen molar-refractivity contribution >= 4 is 5.78 Å². The Morgan fingerprint density at radius 3 is 2.18 bits per heavy atom. The molecule has 17 heavy (non-hydrogen) atoms. The Labute approximate surface area is 104 Å². The highest BCUT2D eigenvalue weighted by Crippen LogP contribution is 2.79. The molecule has 0 bridgehead atoms. The highest BCUT2D eigenvalue weighted by molar-refractivity contribution is 5.93. The average molecular weight is 236 g/mol. The van der Waals surface area contributed by atoms with Crippen molar-refractivity contribution in [1.29, 1.82) is 0 Å². The lowest BCUT2D eigenvalue weighted by Gasteiger charge is -2.44. The van der Waals surface area contributed by atoms with Crippen LogP contribution >= 0.6 is 0 Å². The first-order valence-electron chi connectivity index (χ1n) is 6.93. The minimum absolute atomic E-state index is 0.0994. The molecule has 3 rings (SSSR count). The number of hydrogen-bond donors (Lipinski definition) is 1. The van der Waals surface area contributed by atoms with Crippen molar-refractivity contribution in [2.75, 3.05) is 0 Å². The number of fused-ring (bicyclic) bond motifs is 1. The summed E-state index contributed by atoms with van der Waals surface area (Å²) in [7, 11) is 0. The fraction of sp³-hybridized carbons (Fsp3) is 0.933. The molecule has 3 aliphatic carbocycles. The van der Waals surface area contributed by atoms with Gasteiger partial charge < -0.3 is 5.11 Å². The van der Waals surface area contributed by atoms with Crippen LogP contribution in [-0.2, 0) is 4.79 Å². The molecule has 96 valence electrons. The molecule has 4 atom stereocenters. The molecule has 0 unspecified atom stereocenters. The lowest BCUT2D eigenvalue weighted by Crippen LogP contribution is -2.42. The van der Waals surface area contributed by atoms with E-state index < -0.39 is 5.60 Å². The van der Waals surface area contributed by atoms with E-state index in [-0.39, 0.29) is 22.2 Å². The molecule has 3 fully saturated rings. The van der Waals surface area contributed by atoms with Crippen LogP contribution in [0.2, 0.25) is 0 Å². The molecule has 0 aliphatic heterocycles. The minimum atomic E-state index is -0.737. The van der Waals surface area contributed by atoms with E-state index in [1.54, 1.807) is 0 Å². The van der Waals surface area contributed by atoms with Gasteiger partial charge in [0.25, 0.3) is 0 Å². The summed E-state index contributed by atoms with van der Waals surface area (Å²) in [6.07, 6.45) is 4.90. The zero-order valence-corrected chi connectivity index (χ0v) is 11.5. The van der Waals surface area contributed by atoms with Gasteiger partial charge in [-0.1, -0.05) is 27.2 Å². The summed E-state index contributed by atoms with van der Waals surface area (Å²) < 4.78 is 0. The van der Waals surface area contributed by atoms with Gasteiger partial charge in [0.15, 0.2) is 0 Å². The van der Waals surface area contributed by atoms with Crippen LogP contribution in [0.5, 0.6) is 0 Å². The molecule has 2 heteroatoms. The van der Waals surface area contributed by atoms with E-state index in [0.29, 0.717) is 12.2 Å². The first kappa shape index (κ1) is 11.7.